The normalized spacial score (nSPS) is 15.3. The summed E-state index contributed by atoms with van der Waals surface area (Å²) in [7, 11) is 0. The van der Waals surface area contributed by atoms with Crippen LogP contribution in [0.4, 0.5) is 5.69 Å². The average molecular weight is 348 g/mol. The molecule has 0 bridgehead atoms. The van der Waals surface area contributed by atoms with Crippen molar-refractivity contribution in [2.75, 3.05) is 5.32 Å². The third-order valence-electron chi connectivity index (χ3n) is 4.03. The number of nitrogens with zero attached hydrogens (tertiary/aromatic N) is 2. The van der Waals surface area contributed by atoms with Crippen LogP contribution in [0.15, 0.2) is 48.2 Å². The molecule has 1 aliphatic rings. The van der Waals surface area contributed by atoms with E-state index in [9.17, 15) is 4.79 Å². The van der Waals surface area contributed by atoms with Crippen LogP contribution < -0.4 is 16.4 Å². The molecule has 2 aromatic heterocycles. The molecule has 26 heavy (non-hydrogen) atoms. The molecule has 0 spiro atoms. The van der Waals surface area contributed by atoms with Gasteiger partial charge in [-0.3, -0.25) is 20.2 Å². The lowest BCUT2D eigenvalue weighted by molar-refractivity contribution is -0.110. The first-order valence-electron chi connectivity index (χ1n) is 8.10. The molecule has 3 rings (SSSR count). The molecule has 1 aliphatic heterocycles. The Morgan fingerprint density at radius 2 is 2.08 bits per heavy atom. The van der Waals surface area contributed by atoms with Crippen LogP contribution in [0.5, 0.6) is 0 Å². The number of carbonyl (C=O) groups excluding carboxylic acids is 1. The molecule has 0 aromatic carbocycles. The molecule has 3 heterocycles. The SMILES string of the molecule is C/C(N)=C/C(=N)N/C(C)=C1\C(=O)Nc2cnc(-c3cnccc3C)cc21. The smallest absolute Gasteiger partial charge is 0.258 e. The zero-order chi connectivity index (χ0) is 18.8. The lowest BCUT2D eigenvalue weighted by Gasteiger charge is -2.10. The van der Waals surface area contributed by atoms with Crippen molar-refractivity contribution in [3.63, 3.8) is 0 Å². The van der Waals surface area contributed by atoms with Crippen molar-refractivity contribution >= 4 is 23.0 Å². The number of hydrogen-bond donors (Lipinski definition) is 4. The van der Waals surface area contributed by atoms with Crippen LogP contribution in [0.1, 0.15) is 25.0 Å². The van der Waals surface area contributed by atoms with Gasteiger partial charge in [0, 0.05) is 34.9 Å². The molecule has 0 fully saturated rings. The van der Waals surface area contributed by atoms with E-state index in [1.165, 1.54) is 6.08 Å². The van der Waals surface area contributed by atoms with Crippen molar-refractivity contribution in [1.29, 1.82) is 5.41 Å². The van der Waals surface area contributed by atoms with Gasteiger partial charge in [-0.05, 0) is 44.5 Å². The van der Waals surface area contributed by atoms with E-state index in [0.717, 1.165) is 22.4 Å². The maximum absolute atomic E-state index is 12.4. The van der Waals surface area contributed by atoms with Gasteiger partial charge in [-0.1, -0.05) is 0 Å². The number of aryl methyl sites for hydroxylation is 1. The second-order valence-electron chi connectivity index (χ2n) is 6.19. The number of hydrogen-bond acceptors (Lipinski definition) is 5. The Labute approximate surface area is 151 Å². The monoisotopic (exact) mass is 348 g/mol. The molecule has 0 unspecified atom stereocenters. The topological polar surface area (TPSA) is 117 Å². The first-order chi connectivity index (χ1) is 12.4. The fraction of sp³-hybridized carbons (Fsp3) is 0.158. The van der Waals surface area contributed by atoms with Crippen molar-refractivity contribution in [3.8, 4) is 11.3 Å². The Balaban J connectivity index is 2.04. The van der Waals surface area contributed by atoms with E-state index >= 15 is 0 Å². The second kappa shape index (κ2) is 6.79. The third-order valence-corrected chi connectivity index (χ3v) is 4.03. The fourth-order valence-corrected chi connectivity index (χ4v) is 2.85. The quantitative estimate of drug-likeness (QED) is 0.386. The highest BCUT2D eigenvalue weighted by molar-refractivity contribution is 6.32. The summed E-state index contributed by atoms with van der Waals surface area (Å²) in [5, 5.41) is 13.6. The number of rotatable bonds is 3. The second-order valence-corrected chi connectivity index (χ2v) is 6.19. The van der Waals surface area contributed by atoms with Crippen LogP contribution in [0.25, 0.3) is 16.8 Å². The van der Waals surface area contributed by atoms with Crippen LogP contribution in [-0.4, -0.2) is 21.7 Å². The van der Waals surface area contributed by atoms with Crippen molar-refractivity contribution in [3.05, 3.63) is 59.3 Å². The number of fused-ring (bicyclic) bond motifs is 1. The summed E-state index contributed by atoms with van der Waals surface area (Å²) < 4.78 is 0. The zero-order valence-electron chi connectivity index (χ0n) is 14.8. The minimum Gasteiger partial charge on any atom is -0.402 e. The number of carbonyl (C=O) groups is 1. The minimum atomic E-state index is -0.229. The van der Waals surface area contributed by atoms with Gasteiger partial charge in [-0.25, -0.2) is 0 Å². The number of aromatic nitrogens is 2. The number of nitrogens with two attached hydrogens (primary N) is 1. The van der Waals surface area contributed by atoms with Crippen molar-refractivity contribution in [2.45, 2.75) is 20.8 Å². The fourth-order valence-electron chi connectivity index (χ4n) is 2.85. The molecule has 5 N–H and O–H groups in total. The summed E-state index contributed by atoms with van der Waals surface area (Å²) in [6.45, 7) is 5.44. The van der Waals surface area contributed by atoms with Gasteiger partial charge in [0.1, 0.15) is 5.84 Å². The summed E-state index contributed by atoms with van der Waals surface area (Å²) in [5.74, 6) is -0.109. The summed E-state index contributed by atoms with van der Waals surface area (Å²) in [6.07, 6.45) is 6.63. The molecular formula is C19H20N6O. The first kappa shape index (κ1) is 17.3. The van der Waals surface area contributed by atoms with Crippen LogP contribution in [-0.2, 0) is 4.79 Å². The predicted octanol–water partition coefficient (Wildman–Crippen LogP) is 2.56. The van der Waals surface area contributed by atoms with E-state index in [-0.39, 0.29) is 11.7 Å². The predicted molar refractivity (Wildman–Crippen MR) is 102 cm³/mol. The number of amides is 1. The molecule has 0 atom stereocenters. The Hall–Kier alpha value is -3.48. The van der Waals surface area contributed by atoms with Gasteiger partial charge in [-0.2, -0.15) is 0 Å². The van der Waals surface area contributed by atoms with Gasteiger partial charge >= 0.3 is 0 Å². The molecule has 2 aromatic rings. The Kier molecular flexibility index (Phi) is 4.53. The van der Waals surface area contributed by atoms with Crippen LogP contribution in [0.2, 0.25) is 0 Å². The van der Waals surface area contributed by atoms with Crippen molar-refractivity contribution < 1.29 is 4.79 Å². The number of anilines is 1. The standard InChI is InChI=1S/C19H20N6O/c1-10-4-5-22-8-14(10)15-7-13-16(9-23-15)25-19(26)18(13)12(3)24-17(21)6-11(2)20/h4-9H,20H2,1-3H3,(H2,21,24)(H,25,26)/b11-6-,18-12-. The number of allylic oxidation sites excluding steroid dienone is 2. The van der Waals surface area contributed by atoms with Gasteiger partial charge in [0.15, 0.2) is 0 Å². The molecule has 7 nitrogen and oxygen atoms in total. The molecular weight excluding hydrogens is 328 g/mol. The molecule has 0 radical (unpaired) electrons. The lowest BCUT2D eigenvalue weighted by Crippen LogP contribution is -2.22. The van der Waals surface area contributed by atoms with Gasteiger partial charge in [0.05, 0.1) is 23.2 Å². The van der Waals surface area contributed by atoms with Gasteiger partial charge < -0.3 is 16.4 Å². The third kappa shape index (κ3) is 3.32. The summed E-state index contributed by atoms with van der Waals surface area (Å²) in [5.41, 5.74) is 11.3. The van der Waals surface area contributed by atoms with Crippen LogP contribution in [0, 0.1) is 12.3 Å². The molecule has 0 saturated carbocycles. The Bertz CT molecular complexity index is 970. The number of nitrogens with one attached hydrogen (secondary N) is 3. The average Bonchev–Trinajstić information content (AvgIpc) is 2.89. The summed E-state index contributed by atoms with van der Waals surface area (Å²) >= 11 is 0. The van der Waals surface area contributed by atoms with E-state index in [2.05, 4.69) is 20.6 Å². The highest BCUT2D eigenvalue weighted by Crippen LogP contribution is 2.35. The van der Waals surface area contributed by atoms with E-state index in [1.807, 2.05) is 19.1 Å². The largest absolute Gasteiger partial charge is 0.402 e. The zero-order valence-corrected chi connectivity index (χ0v) is 14.8. The minimum absolute atomic E-state index is 0.119. The van der Waals surface area contributed by atoms with Crippen molar-refractivity contribution in [2.24, 2.45) is 5.73 Å². The van der Waals surface area contributed by atoms with E-state index < -0.39 is 0 Å². The van der Waals surface area contributed by atoms with Gasteiger partial charge in [-0.15, -0.1) is 0 Å². The maximum Gasteiger partial charge on any atom is 0.258 e. The molecule has 0 aliphatic carbocycles. The summed E-state index contributed by atoms with van der Waals surface area (Å²) in [4.78, 5) is 21.0. The molecule has 0 saturated heterocycles. The van der Waals surface area contributed by atoms with Crippen LogP contribution in [0.3, 0.4) is 0 Å². The van der Waals surface area contributed by atoms with E-state index in [0.29, 0.717) is 22.7 Å². The van der Waals surface area contributed by atoms with Crippen LogP contribution >= 0.6 is 0 Å². The van der Waals surface area contributed by atoms with Gasteiger partial charge in [0.2, 0.25) is 0 Å². The highest BCUT2D eigenvalue weighted by Gasteiger charge is 2.27. The Morgan fingerprint density at radius 1 is 1.31 bits per heavy atom. The van der Waals surface area contributed by atoms with E-state index in [1.54, 1.807) is 32.4 Å². The highest BCUT2D eigenvalue weighted by atomic mass is 16.2. The lowest BCUT2D eigenvalue weighted by atomic mass is 10.0. The molecule has 1 amide bonds. The summed E-state index contributed by atoms with van der Waals surface area (Å²) in [6, 6.07) is 3.78. The van der Waals surface area contributed by atoms with Crippen molar-refractivity contribution in [1.82, 2.24) is 15.3 Å². The first-order valence-corrected chi connectivity index (χ1v) is 8.10. The van der Waals surface area contributed by atoms with Gasteiger partial charge in [0.25, 0.3) is 5.91 Å². The maximum atomic E-state index is 12.4. The molecule has 7 heteroatoms. The molecule has 132 valence electrons. The number of amidine groups is 1. The van der Waals surface area contributed by atoms with E-state index in [4.69, 9.17) is 11.1 Å². The number of pyridine rings is 2. The Morgan fingerprint density at radius 3 is 2.77 bits per heavy atom.